The van der Waals surface area contributed by atoms with Crippen LogP contribution in [0.2, 0.25) is 0 Å². The first-order chi connectivity index (χ1) is 15.3. The number of aryl methyl sites for hydroxylation is 2. The minimum absolute atomic E-state index is 0.152. The topological polar surface area (TPSA) is 80.8 Å². The monoisotopic (exact) mass is 433 g/mol. The molecule has 0 radical (unpaired) electrons. The molecular weight excluding hydrogens is 406 g/mol. The number of rotatable bonds is 5. The molecule has 0 unspecified atom stereocenters. The average Bonchev–Trinajstić information content (AvgIpc) is 3.03. The highest BCUT2D eigenvalue weighted by Gasteiger charge is 2.49. The van der Waals surface area contributed by atoms with Gasteiger partial charge >= 0.3 is 5.97 Å². The van der Waals surface area contributed by atoms with Gasteiger partial charge in [0, 0.05) is 5.56 Å². The lowest BCUT2D eigenvalue weighted by Crippen LogP contribution is -2.30. The number of carbonyl (C=O) groups excluding carboxylic acids is 4. The summed E-state index contributed by atoms with van der Waals surface area (Å²) in [5.41, 5.74) is 3.05. The summed E-state index contributed by atoms with van der Waals surface area (Å²) in [4.78, 5) is 51.8. The number of ketones is 1. The third-order valence-electron chi connectivity index (χ3n) is 6.58. The normalized spacial score (nSPS) is 22.6. The number of hydrogen-bond donors (Lipinski definition) is 0. The lowest BCUT2D eigenvalue weighted by atomic mass is 9.76. The molecule has 6 heteroatoms. The van der Waals surface area contributed by atoms with Crippen LogP contribution in [0, 0.1) is 31.6 Å². The first kappa shape index (κ1) is 21.9. The van der Waals surface area contributed by atoms with Crippen LogP contribution in [0.3, 0.4) is 0 Å². The van der Waals surface area contributed by atoms with Crippen LogP contribution in [-0.2, 0) is 14.3 Å². The van der Waals surface area contributed by atoms with Crippen molar-refractivity contribution >= 4 is 29.3 Å². The lowest BCUT2D eigenvalue weighted by Gasteiger charge is -2.25. The standard InChI is InChI=1S/C26H27NO5/c1-15-4-6-17(3)21(12-15)23(28)14-32-26(31)18-7-9-19(10-8-18)27-24(29)20-11-5-16(2)13-22(20)25(27)30/h4,6-10,12,16,20,22H,5,11,13-14H2,1-3H3/t16-,20-,22-/m1/s1. The van der Waals surface area contributed by atoms with E-state index in [4.69, 9.17) is 4.74 Å². The lowest BCUT2D eigenvalue weighted by molar-refractivity contribution is -0.122. The Morgan fingerprint density at radius 2 is 1.66 bits per heavy atom. The van der Waals surface area contributed by atoms with Gasteiger partial charge in [0.05, 0.1) is 23.1 Å². The molecule has 166 valence electrons. The molecule has 0 N–H and O–H groups in total. The number of benzene rings is 2. The van der Waals surface area contributed by atoms with Gasteiger partial charge in [0.15, 0.2) is 6.61 Å². The van der Waals surface area contributed by atoms with Crippen molar-refractivity contribution in [1.29, 1.82) is 0 Å². The van der Waals surface area contributed by atoms with E-state index in [1.54, 1.807) is 18.2 Å². The number of Topliss-reactive ketones (excluding diaryl/α,β-unsaturated/α-hetero) is 1. The summed E-state index contributed by atoms with van der Waals surface area (Å²) in [5, 5.41) is 0. The van der Waals surface area contributed by atoms with Gasteiger partial charge in [0.25, 0.3) is 0 Å². The second-order valence-corrected chi connectivity index (χ2v) is 9.01. The number of ether oxygens (including phenoxy) is 1. The summed E-state index contributed by atoms with van der Waals surface area (Å²) in [6, 6.07) is 11.8. The molecule has 2 aliphatic rings. The summed E-state index contributed by atoms with van der Waals surface area (Å²) < 4.78 is 5.20. The predicted octanol–water partition coefficient (Wildman–Crippen LogP) is 4.27. The third kappa shape index (κ3) is 4.09. The zero-order chi connectivity index (χ0) is 23.0. The van der Waals surface area contributed by atoms with E-state index in [0.29, 0.717) is 17.2 Å². The Balaban J connectivity index is 1.42. The number of esters is 1. The van der Waals surface area contributed by atoms with Crippen LogP contribution in [0.4, 0.5) is 5.69 Å². The number of imide groups is 1. The second-order valence-electron chi connectivity index (χ2n) is 9.01. The Labute approximate surface area is 187 Å². The molecule has 2 aromatic rings. The smallest absolute Gasteiger partial charge is 0.338 e. The number of nitrogens with zero attached hydrogens (tertiary/aromatic N) is 1. The van der Waals surface area contributed by atoms with Gasteiger partial charge in [0.2, 0.25) is 17.6 Å². The maximum Gasteiger partial charge on any atom is 0.338 e. The highest BCUT2D eigenvalue weighted by Crippen LogP contribution is 2.42. The van der Waals surface area contributed by atoms with Crippen molar-refractivity contribution in [2.75, 3.05) is 11.5 Å². The fourth-order valence-electron chi connectivity index (χ4n) is 4.72. The molecule has 2 fully saturated rings. The molecule has 32 heavy (non-hydrogen) atoms. The van der Waals surface area contributed by atoms with Crippen LogP contribution >= 0.6 is 0 Å². The summed E-state index contributed by atoms with van der Waals surface area (Å²) in [6.07, 6.45) is 2.44. The number of fused-ring (bicyclic) bond motifs is 1. The van der Waals surface area contributed by atoms with E-state index in [9.17, 15) is 19.2 Å². The Morgan fingerprint density at radius 1 is 0.969 bits per heavy atom. The van der Waals surface area contributed by atoms with E-state index in [0.717, 1.165) is 30.4 Å². The number of amides is 2. The van der Waals surface area contributed by atoms with Gasteiger partial charge in [0.1, 0.15) is 0 Å². The molecule has 4 rings (SSSR count). The molecule has 1 saturated carbocycles. The summed E-state index contributed by atoms with van der Waals surface area (Å²) >= 11 is 0. The Morgan fingerprint density at radius 3 is 2.38 bits per heavy atom. The molecule has 0 spiro atoms. The van der Waals surface area contributed by atoms with Gasteiger partial charge in [-0.3, -0.25) is 19.3 Å². The van der Waals surface area contributed by atoms with Gasteiger partial charge in [-0.1, -0.05) is 24.6 Å². The van der Waals surface area contributed by atoms with E-state index in [1.807, 2.05) is 26.0 Å². The van der Waals surface area contributed by atoms with Gasteiger partial charge in [-0.15, -0.1) is 0 Å². The van der Waals surface area contributed by atoms with E-state index in [-0.39, 0.29) is 41.6 Å². The molecule has 2 amide bonds. The van der Waals surface area contributed by atoms with E-state index >= 15 is 0 Å². The van der Waals surface area contributed by atoms with Crippen LogP contribution in [-0.4, -0.2) is 30.2 Å². The third-order valence-corrected chi connectivity index (χ3v) is 6.58. The summed E-state index contributed by atoms with van der Waals surface area (Å²) in [7, 11) is 0. The fraction of sp³-hybridized carbons (Fsp3) is 0.385. The molecule has 1 heterocycles. The first-order valence-electron chi connectivity index (χ1n) is 11.0. The molecule has 6 nitrogen and oxygen atoms in total. The van der Waals surface area contributed by atoms with Crippen molar-refractivity contribution in [2.24, 2.45) is 17.8 Å². The van der Waals surface area contributed by atoms with Crippen LogP contribution in [0.15, 0.2) is 42.5 Å². The number of carbonyl (C=O) groups is 4. The molecule has 2 aromatic carbocycles. The number of hydrogen-bond acceptors (Lipinski definition) is 5. The van der Waals surface area contributed by atoms with Crippen molar-refractivity contribution < 1.29 is 23.9 Å². The Bertz CT molecular complexity index is 1090. The maximum atomic E-state index is 12.9. The molecule has 1 aliphatic carbocycles. The molecule has 1 saturated heterocycles. The van der Waals surface area contributed by atoms with Crippen LogP contribution in [0.25, 0.3) is 0 Å². The zero-order valence-electron chi connectivity index (χ0n) is 18.6. The minimum atomic E-state index is -0.628. The Kier molecular flexibility index (Phi) is 5.96. The largest absolute Gasteiger partial charge is 0.454 e. The van der Waals surface area contributed by atoms with Gasteiger partial charge in [-0.2, -0.15) is 0 Å². The van der Waals surface area contributed by atoms with Gasteiger partial charge in [-0.05, 0) is 74.9 Å². The molecule has 3 atom stereocenters. The molecule has 0 bridgehead atoms. The molecular formula is C26H27NO5. The van der Waals surface area contributed by atoms with Crippen molar-refractivity contribution in [3.05, 3.63) is 64.7 Å². The number of anilines is 1. The highest BCUT2D eigenvalue weighted by molar-refractivity contribution is 6.22. The highest BCUT2D eigenvalue weighted by atomic mass is 16.5. The SMILES string of the molecule is Cc1ccc(C)c(C(=O)COC(=O)c2ccc(N3C(=O)[C@@H]4CC[C@@H](C)C[C@H]4C3=O)cc2)c1. The average molecular weight is 434 g/mol. The maximum absolute atomic E-state index is 12.9. The quantitative estimate of drug-likeness (QED) is 0.400. The van der Waals surface area contributed by atoms with Crippen LogP contribution in [0.5, 0.6) is 0 Å². The second kappa shape index (κ2) is 8.69. The first-order valence-corrected chi connectivity index (χ1v) is 11.0. The van der Waals surface area contributed by atoms with Crippen molar-refractivity contribution in [1.82, 2.24) is 0 Å². The van der Waals surface area contributed by atoms with E-state index in [2.05, 4.69) is 6.92 Å². The van der Waals surface area contributed by atoms with Crippen molar-refractivity contribution in [3.63, 3.8) is 0 Å². The van der Waals surface area contributed by atoms with Gasteiger partial charge in [-0.25, -0.2) is 4.79 Å². The summed E-state index contributed by atoms with van der Waals surface area (Å²) in [6.45, 7) is 5.50. The van der Waals surface area contributed by atoms with E-state index < -0.39 is 5.97 Å². The van der Waals surface area contributed by atoms with Crippen LogP contribution in [0.1, 0.15) is 58.0 Å². The minimum Gasteiger partial charge on any atom is -0.454 e. The van der Waals surface area contributed by atoms with Crippen molar-refractivity contribution in [2.45, 2.75) is 40.0 Å². The molecule has 1 aliphatic heterocycles. The Hall–Kier alpha value is -3.28. The van der Waals surface area contributed by atoms with Gasteiger partial charge < -0.3 is 4.74 Å². The van der Waals surface area contributed by atoms with E-state index in [1.165, 1.54) is 17.0 Å². The fourth-order valence-corrected chi connectivity index (χ4v) is 4.72. The zero-order valence-corrected chi connectivity index (χ0v) is 18.6. The van der Waals surface area contributed by atoms with Crippen LogP contribution < -0.4 is 4.90 Å². The van der Waals surface area contributed by atoms with Crippen molar-refractivity contribution in [3.8, 4) is 0 Å². The predicted molar refractivity (Wildman–Crippen MR) is 119 cm³/mol. The summed E-state index contributed by atoms with van der Waals surface area (Å²) in [5.74, 6) is -1.23. The molecule has 0 aromatic heterocycles.